The van der Waals surface area contributed by atoms with Gasteiger partial charge in [0, 0.05) is 0 Å². The average molecular weight is 254 g/mol. The van der Waals surface area contributed by atoms with Crippen LogP contribution in [0.2, 0.25) is 0 Å². The van der Waals surface area contributed by atoms with Gasteiger partial charge in [0.25, 0.3) is 0 Å². The number of aryl methyl sites for hydroxylation is 1. The van der Waals surface area contributed by atoms with Crippen molar-refractivity contribution in [1.82, 2.24) is 15.5 Å². The summed E-state index contributed by atoms with van der Waals surface area (Å²) in [5.41, 5.74) is -0.395. The van der Waals surface area contributed by atoms with Gasteiger partial charge >= 0.3 is 0 Å². The number of nitrogens with one attached hydrogen (secondary N) is 2. The monoisotopic (exact) mass is 254 g/mol. The molecule has 1 amide bonds. The summed E-state index contributed by atoms with van der Waals surface area (Å²) in [6.07, 6.45) is 3.83. The summed E-state index contributed by atoms with van der Waals surface area (Å²) in [4.78, 5) is 12.3. The molecule has 0 saturated carbocycles. The van der Waals surface area contributed by atoms with E-state index in [0.29, 0.717) is 5.13 Å². The Morgan fingerprint density at radius 3 is 2.94 bits per heavy atom. The summed E-state index contributed by atoms with van der Waals surface area (Å²) in [5, 5.41) is 15.5. The van der Waals surface area contributed by atoms with E-state index in [1.807, 2.05) is 6.92 Å². The van der Waals surface area contributed by atoms with Gasteiger partial charge in [-0.05, 0) is 32.7 Å². The molecule has 1 atom stereocenters. The van der Waals surface area contributed by atoms with E-state index in [1.165, 1.54) is 11.3 Å². The third kappa shape index (κ3) is 2.63. The topological polar surface area (TPSA) is 66.9 Å². The second-order valence-electron chi connectivity index (χ2n) is 4.44. The molecule has 0 spiro atoms. The van der Waals surface area contributed by atoms with Crippen molar-refractivity contribution in [2.75, 3.05) is 11.9 Å². The van der Waals surface area contributed by atoms with Gasteiger partial charge in [0.2, 0.25) is 11.0 Å². The minimum atomic E-state index is -0.395. The highest BCUT2D eigenvalue weighted by Gasteiger charge is 2.40. The fourth-order valence-corrected chi connectivity index (χ4v) is 2.90. The van der Waals surface area contributed by atoms with Gasteiger partial charge in [0.1, 0.15) is 5.01 Å². The van der Waals surface area contributed by atoms with Gasteiger partial charge < -0.3 is 5.32 Å². The largest absolute Gasteiger partial charge is 0.303 e. The molecule has 0 aliphatic carbocycles. The molecule has 5 nitrogen and oxygen atoms in total. The lowest BCUT2D eigenvalue weighted by atomic mass is 9.91. The Labute approximate surface area is 105 Å². The molecule has 6 heteroatoms. The predicted octanol–water partition coefficient (Wildman–Crippen LogP) is 1.71. The zero-order valence-corrected chi connectivity index (χ0v) is 11.1. The van der Waals surface area contributed by atoms with Crippen LogP contribution >= 0.6 is 11.3 Å². The van der Waals surface area contributed by atoms with Crippen molar-refractivity contribution in [1.29, 1.82) is 0 Å². The zero-order chi connectivity index (χ0) is 12.3. The third-order valence-electron chi connectivity index (χ3n) is 3.10. The summed E-state index contributed by atoms with van der Waals surface area (Å²) in [6, 6.07) is 0. The first-order valence-corrected chi connectivity index (χ1v) is 6.84. The van der Waals surface area contributed by atoms with Crippen molar-refractivity contribution in [3.63, 3.8) is 0 Å². The van der Waals surface area contributed by atoms with E-state index in [9.17, 15) is 4.79 Å². The van der Waals surface area contributed by atoms with Crippen LogP contribution in [0.5, 0.6) is 0 Å². The van der Waals surface area contributed by atoms with E-state index >= 15 is 0 Å². The van der Waals surface area contributed by atoms with Crippen molar-refractivity contribution < 1.29 is 4.79 Å². The highest BCUT2D eigenvalue weighted by atomic mass is 32.1. The van der Waals surface area contributed by atoms with Gasteiger partial charge in [-0.25, -0.2) is 0 Å². The molecule has 17 heavy (non-hydrogen) atoms. The molecule has 1 aromatic rings. The first-order chi connectivity index (χ1) is 8.16. The van der Waals surface area contributed by atoms with Gasteiger partial charge in [-0.3, -0.25) is 10.1 Å². The number of aromatic nitrogens is 2. The lowest BCUT2D eigenvalue weighted by Gasteiger charge is -2.27. The maximum Gasteiger partial charge on any atom is 0.246 e. The van der Waals surface area contributed by atoms with E-state index < -0.39 is 5.54 Å². The second kappa shape index (κ2) is 5.10. The quantitative estimate of drug-likeness (QED) is 0.858. The minimum absolute atomic E-state index is 0.0352. The smallest absolute Gasteiger partial charge is 0.246 e. The van der Waals surface area contributed by atoms with Crippen molar-refractivity contribution >= 4 is 22.4 Å². The van der Waals surface area contributed by atoms with Crippen LogP contribution in [0.4, 0.5) is 5.13 Å². The van der Waals surface area contributed by atoms with Crippen LogP contribution < -0.4 is 10.6 Å². The van der Waals surface area contributed by atoms with Crippen molar-refractivity contribution in [2.45, 2.75) is 45.1 Å². The highest BCUT2D eigenvalue weighted by Crippen LogP contribution is 2.27. The summed E-state index contributed by atoms with van der Waals surface area (Å²) >= 11 is 1.41. The van der Waals surface area contributed by atoms with Crippen molar-refractivity contribution in [3.8, 4) is 0 Å². The Morgan fingerprint density at radius 1 is 1.59 bits per heavy atom. The number of anilines is 1. The Kier molecular flexibility index (Phi) is 3.73. The fraction of sp³-hybridized carbons (Fsp3) is 0.727. The lowest BCUT2D eigenvalue weighted by Crippen LogP contribution is -2.50. The molecular formula is C11H18N4OS. The molecule has 2 rings (SSSR count). The SMILES string of the molecule is CCCC1(C(=O)Nc2nnc(C)s2)CCCN1. The molecule has 2 heterocycles. The first-order valence-electron chi connectivity index (χ1n) is 6.03. The lowest BCUT2D eigenvalue weighted by molar-refractivity contribution is -0.122. The number of hydrogen-bond acceptors (Lipinski definition) is 5. The van der Waals surface area contributed by atoms with Crippen LogP contribution in [0, 0.1) is 6.92 Å². The molecule has 2 N–H and O–H groups in total. The standard InChI is InChI=1S/C11H18N4OS/c1-3-5-11(6-4-7-12-11)9(16)13-10-15-14-8(2)17-10/h12H,3-7H2,1-2H3,(H,13,15,16). The molecule has 1 unspecified atom stereocenters. The number of carbonyl (C=O) groups excluding carboxylic acids is 1. The second-order valence-corrected chi connectivity index (χ2v) is 5.62. The predicted molar refractivity (Wildman–Crippen MR) is 68.2 cm³/mol. The van der Waals surface area contributed by atoms with Gasteiger partial charge in [-0.2, -0.15) is 0 Å². The first kappa shape index (κ1) is 12.4. The van der Waals surface area contributed by atoms with Crippen LogP contribution in [0.15, 0.2) is 0 Å². The van der Waals surface area contributed by atoms with Crippen LogP contribution in [0.1, 0.15) is 37.6 Å². The molecule has 1 aliphatic rings. The Bertz CT molecular complexity index is 398. The Hall–Kier alpha value is -1.01. The van der Waals surface area contributed by atoms with Gasteiger partial charge in [-0.15, -0.1) is 10.2 Å². The zero-order valence-electron chi connectivity index (χ0n) is 10.2. The summed E-state index contributed by atoms with van der Waals surface area (Å²) < 4.78 is 0. The number of hydrogen-bond donors (Lipinski definition) is 2. The van der Waals surface area contributed by atoms with E-state index in [1.54, 1.807) is 0 Å². The van der Waals surface area contributed by atoms with Gasteiger partial charge in [0.05, 0.1) is 5.54 Å². The Morgan fingerprint density at radius 2 is 2.41 bits per heavy atom. The van der Waals surface area contributed by atoms with Crippen molar-refractivity contribution in [2.24, 2.45) is 0 Å². The number of nitrogens with zero attached hydrogens (tertiary/aromatic N) is 2. The van der Waals surface area contributed by atoms with Crippen LogP contribution in [0.3, 0.4) is 0 Å². The number of amides is 1. The maximum absolute atomic E-state index is 12.3. The highest BCUT2D eigenvalue weighted by molar-refractivity contribution is 7.15. The van der Waals surface area contributed by atoms with Crippen LogP contribution in [-0.2, 0) is 4.79 Å². The summed E-state index contributed by atoms with van der Waals surface area (Å²) in [5.74, 6) is 0.0352. The Balaban J connectivity index is 2.06. The van der Waals surface area contributed by atoms with E-state index in [0.717, 1.165) is 37.2 Å². The molecule has 1 aliphatic heterocycles. The number of rotatable bonds is 4. The third-order valence-corrected chi connectivity index (χ3v) is 3.86. The van der Waals surface area contributed by atoms with Gasteiger partial charge in [0.15, 0.2) is 0 Å². The molecule has 1 aromatic heterocycles. The van der Waals surface area contributed by atoms with Crippen molar-refractivity contribution in [3.05, 3.63) is 5.01 Å². The van der Waals surface area contributed by atoms with Gasteiger partial charge in [-0.1, -0.05) is 24.7 Å². The van der Waals surface area contributed by atoms with E-state index in [2.05, 4.69) is 27.8 Å². The van der Waals surface area contributed by atoms with E-state index in [4.69, 9.17) is 0 Å². The summed E-state index contributed by atoms with van der Waals surface area (Å²) in [6.45, 7) is 4.90. The molecule has 1 fully saturated rings. The average Bonchev–Trinajstić information content (AvgIpc) is 2.89. The summed E-state index contributed by atoms with van der Waals surface area (Å²) in [7, 11) is 0. The molecule has 0 aromatic carbocycles. The van der Waals surface area contributed by atoms with Crippen LogP contribution in [0.25, 0.3) is 0 Å². The minimum Gasteiger partial charge on any atom is -0.303 e. The maximum atomic E-state index is 12.3. The normalized spacial score (nSPS) is 23.9. The molecule has 0 bridgehead atoms. The molecular weight excluding hydrogens is 236 g/mol. The number of carbonyl (C=O) groups is 1. The molecule has 1 saturated heterocycles. The molecule has 94 valence electrons. The fourth-order valence-electron chi connectivity index (χ4n) is 2.32. The van der Waals surface area contributed by atoms with Crippen LogP contribution in [-0.4, -0.2) is 28.2 Å². The van der Waals surface area contributed by atoms with E-state index in [-0.39, 0.29) is 5.91 Å². The molecule has 0 radical (unpaired) electrons.